The second-order valence-corrected chi connectivity index (χ2v) is 3.59. The van der Waals surface area contributed by atoms with Crippen LogP contribution < -0.4 is 10.6 Å². The Balaban J connectivity index is 2.39. The minimum Gasteiger partial charge on any atom is -0.380 e. The summed E-state index contributed by atoms with van der Waals surface area (Å²) in [5.41, 5.74) is 2.00. The van der Waals surface area contributed by atoms with Gasteiger partial charge in [0.25, 0.3) is 0 Å². The molecule has 1 aromatic rings. The Morgan fingerprint density at radius 1 is 1.29 bits per heavy atom. The zero-order chi connectivity index (χ0) is 12.5. The second kappa shape index (κ2) is 7.68. The van der Waals surface area contributed by atoms with Gasteiger partial charge in [-0.3, -0.25) is 0 Å². The predicted molar refractivity (Wildman–Crippen MR) is 69.3 cm³/mol. The molecule has 1 aromatic carbocycles. The lowest BCUT2D eigenvalue weighted by Gasteiger charge is -2.10. The van der Waals surface area contributed by atoms with Crippen LogP contribution in [0, 0.1) is 0 Å². The largest absolute Gasteiger partial charge is 0.380 e. The molecule has 0 radical (unpaired) electrons. The highest BCUT2D eigenvalue weighted by molar-refractivity contribution is 5.90. The van der Waals surface area contributed by atoms with Crippen LogP contribution in [-0.2, 0) is 11.2 Å². The Bertz CT molecular complexity index is 353. The minimum atomic E-state index is -0.189. The van der Waals surface area contributed by atoms with E-state index in [0.717, 1.165) is 17.7 Å². The molecular formula is C13H20N2O2. The number of ether oxygens (including phenoxy) is 1. The number of carbonyl (C=O) groups is 1. The maximum absolute atomic E-state index is 11.6. The van der Waals surface area contributed by atoms with Gasteiger partial charge in [0.1, 0.15) is 0 Å². The minimum absolute atomic E-state index is 0.189. The highest BCUT2D eigenvalue weighted by atomic mass is 16.5. The van der Waals surface area contributed by atoms with Gasteiger partial charge in [-0.2, -0.15) is 0 Å². The van der Waals surface area contributed by atoms with Crippen LogP contribution in [0.4, 0.5) is 10.5 Å². The summed E-state index contributed by atoms with van der Waals surface area (Å²) in [4.78, 5) is 11.6. The first-order chi connectivity index (χ1) is 8.27. The molecule has 2 N–H and O–H groups in total. The normalized spacial score (nSPS) is 10.0. The van der Waals surface area contributed by atoms with Gasteiger partial charge >= 0.3 is 6.03 Å². The van der Waals surface area contributed by atoms with Gasteiger partial charge in [-0.25, -0.2) is 4.79 Å². The first-order valence-corrected chi connectivity index (χ1v) is 5.98. The van der Waals surface area contributed by atoms with E-state index in [9.17, 15) is 4.79 Å². The summed E-state index contributed by atoms with van der Waals surface area (Å²) < 4.78 is 5.14. The summed E-state index contributed by atoms with van der Waals surface area (Å²) in [5, 5.41) is 5.57. The molecule has 0 saturated heterocycles. The molecular weight excluding hydrogens is 216 g/mol. The molecule has 4 heteroatoms. The monoisotopic (exact) mass is 236 g/mol. The molecule has 17 heavy (non-hydrogen) atoms. The molecule has 0 heterocycles. The Kier molecular flexibility index (Phi) is 6.10. The van der Waals surface area contributed by atoms with E-state index in [1.165, 1.54) is 0 Å². The molecule has 0 atom stereocenters. The topological polar surface area (TPSA) is 50.4 Å². The highest BCUT2D eigenvalue weighted by Gasteiger charge is 2.03. The van der Waals surface area contributed by atoms with E-state index in [1.54, 1.807) is 0 Å². The van der Waals surface area contributed by atoms with Crippen molar-refractivity contribution in [1.82, 2.24) is 5.32 Å². The average molecular weight is 236 g/mol. The van der Waals surface area contributed by atoms with E-state index >= 15 is 0 Å². The Morgan fingerprint density at radius 2 is 2.06 bits per heavy atom. The summed E-state index contributed by atoms with van der Waals surface area (Å²) in [6.45, 7) is 5.72. The third-order valence-corrected chi connectivity index (χ3v) is 2.38. The molecule has 0 saturated carbocycles. The smallest absolute Gasteiger partial charge is 0.319 e. The maximum Gasteiger partial charge on any atom is 0.319 e. The molecule has 0 aliphatic carbocycles. The molecule has 0 bridgehead atoms. The molecule has 0 fully saturated rings. The number of carbonyl (C=O) groups excluding carboxylic acids is 1. The molecule has 1 rings (SSSR count). The first kappa shape index (κ1) is 13.5. The third-order valence-electron chi connectivity index (χ3n) is 2.38. The standard InChI is InChI=1S/C13H20N2O2/c1-3-11-7-5-6-8-12(11)15-13(16)14-9-10-17-4-2/h5-8H,3-4,9-10H2,1-2H3,(H2,14,15,16). The van der Waals surface area contributed by atoms with Crippen LogP contribution in [0.2, 0.25) is 0 Å². The number of hydrogen-bond acceptors (Lipinski definition) is 2. The van der Waals surface area contributed by atoms with Crippen LogP contribution in [0.15, 0.2) is 24.3 Å². The van der Waals surface area contributed by atoms with E-state index in [2.05, 4.69) is 17.6 Å². The van der Waals surface area contributed by atoms with Gasteiger partial charge in [0.2, 0.25) is 0 Å². The molecule has 94 valence electrons. The van der Waals surface area contributed by atoms with Gasteiger partial charge in [-0.15, -0.1) is 0 Å². The molecule has 0 aromatic heterocycles. The second-order valence-electron chi connectivity index (χ2n) is 3.59. The van der Waals surface area contributed by atoms with Crippen molar-refractivity contribution in [2.75, 3.05) is 25.1 Å². The predicted octanol–water partition coefficient (Wildman–Crippen LogP) is 2.41. The fraction of sp³-hybridized carbons (Fsp3) is 0.462. The third kappa shape index (κ3) is 4.87. The number of nitrogens with one attached hydrogen (secondary N) is 2. The lowest BCUT2D eigenvalue weighted by molar-refractivity contribution is 0.150. The lowest BCUT2D eigenvalue weighted by atomic mass is 10.1. The number of rotatable bonds is 6. The van der Waals surface area contributed by atoms with Crippen molar-refractivity contribution in [2.24, 2.45) is 0 Å². The number of hydrogen-bond donors (Lipinski definition) is 2. The van der Waals surface area contributed by atoms with Crippen molar-refractivity contribution in [1.29, 1.82) is 0 Å². The van der Waals surface area contributed by atoms with Gasteiger partial charge in [0.05, 0.1) is 6.61 Å². The number of para-hydroxylation sites is 1. The summed E-state index contributed by atoms with van der Waals surface area (Å²) in [6.07, 6.45) is 0.898. The summed E-state index contributed by atoms with van der Waals surface area (Å²) in [6, 6.07) is 7.61. The molecule has 0 aliphatic heterocycles. The molecule has 0 unspecified atom stereocenters. The molecule has 0 spiro atoms. The highest BCUT2D eigenvalue weighted by Crippen LogP contribution is 2.14. The Labute approximate surface area is 102 Å². The Morgan fingerprint density at radius 3 is 2.76 bits per heavy atom. The molecule has 2 amide bonds. The van der Waals surface area contributed by atoms with Crippen molar-refractivity contribution in [3.8, 4) is 0 Å². The summed E-state index contributed by atoms with van der Waals surface area (Å²) in [5.74, 6) is 0. The van der Waals surface area contributed by atoms with Gasteiger partial charge in [0, 0.05) is 18.8 Å². The zero-order valence-electron chi connectivity index (χ0n) is 10.5. The average Bonchev–Trinajstić information content (AvgIpc) is 2.35. The van der Waals surface area contributed by atoms with E-state index in [1.807, 2.05) is 31.2 Å². The number of amides is 2. The first-order valence-electron chi connectivity index (χ1n) is 5.98. The number of benzene rings is 1. The Hall–Kier alpha value is -1.55. The maximum atomic E-state index is 11.6. The van der Waals surface area contributed by atoms with Crippen LogP contribution in [0.5, 0.6) is 0 Å². The number of aryl methyl sites for hydroxylation is 1. The van der Waals surface area contributed by atoms with Gasteiger partial charge in [0.15, 0.2) is 0 Å². The van der Waals surface area contributed by atoms with Crippen molar-refractivity contribution in [2.45, 2.75) is 20.3 Å². The number of urea groups is 1. The zero-order valence-corrected chi connectivity index (χ0v) is 10.5. The summed E-state index contributed by atoms with van der Waals surface area (Å²) >= 11 is 0. The van der Waals surface area contributed by atoms with Crippen LogP contribution in [0.3, 0.4) is 0 Å². The molecule has 4 nitrogen and oxygen atoms in total. The van der Waals surface area contributed by atoms with Crippen LogP contribution in [0.1, 0.15) is 19.4 Å². The van der Waals surface area contributed by atoms with Crippen LogP contribution >= 0.6 is 0 Å². The van der Waals surface area contributed by atoms with Crippen LogP contribution in [-0.4, -0.2) is 25.8 Å². The van der Waals surface area contributed by atoms with Crippen molar-refractivity contribution >= 4 is 11.7 Å². The van der Waals surface area contributed by atoms with Gasteiger partial charge < -0.3 is 15.4 Å². The van der Waals surface area contributed by atoms with Crippen LogP contribution in [0.25, 0.3) is 0 Å². The fourth-order valence-electron chi connectivity index (χ4n) is 1.50. The van der Waals surface area contributed by atoms with E-state index in [-0.39, 0.29) is 6.03 Å². The van der Waals surface area contributed by atoms with Gasteiger partial charge in [-0.05, 0) is 25.0 Å². The quantitative estimate of drug-likeness (QED) is 0.745. The van der Waals surface area contributed by atoms with E-state index < -0.39 is 0 Å². The number of anilines is 1. The lowest BCUT2D eigenvalue weighted by Crippen LogP contribution is -2.31. The van der Waals surface area contributed by atoms with Gasteiger partial charge in [-0.1, -0.05) is 25.1 Å². The summed E-state index contributed by atoms with van der Waals surface area (Å²) in [7, 11) is 0. The van der Waals surface area contributed by atoms with E-state index in [4.69, 9.17) is 4.74 Å². The van der Waals surface area contributed by atoms with E-state index in [0.29, 0.717) is 19.8 Å². The van der Waals surface area contributed by atoms with Crippen molar-refractivity contribution < 1.29 is 9.53 Å². The van der Waals surface area contributed by atoms with Crippen molar-refractivity contribution in [3.63, 3.8) is 0 Å². The fourth-order valence-corrected chi connectivity index (χ4v) is 1.50. The SMILES string of the molecule is CCOCCNC(=O)Nc1ccccc1CC. The molecule has 0 aliphatic rings. The van der Waals surface area contributed by atoms with Crippen molar-refractivity contribution in [3.05, 3.63) is 29.8 Å².